The predicted octanol–water partition coefficient (Wildman–Crippen LogP) is 2.65. The average molecular weight is 381 g/mol. The van der Waals surface area contributed by atoms with Gasteiger partial charge < -0.3 is 10.2 Å². The van der Waals surface area contributed by atoms with Gasteiger partial charge in [0.25, 0.3) is 5.91 Å². The van der Waals surface area contributed by atoms with Crippen molar-refractivity contribution in [1.82, 2.24) is 10.4 Å². The van der Waals surface area contributed by atoms with Crippen LogP contribution in [0.1, 0.15) is 6.42 Å². The number of amides is 2. The Hall–Kier alpha value is -2.35. The summed E-state index contributed by atoms with van der Waals surface area (Å²) in [6.07, 6.45) is 1.43. The second-order valence-electron chi connectivity index (χ2n) is 5.28. The van der Waals surface area contributed by atoms with E-state index in [1.807, 2.05) is 0 Å². The number of nitrogens with one attached hydrogen (secondary N) is 2. The third-order valence-electron chi connectivity index (χ3n) is 3.63. The first-order valence-corrected chi connectivity index (χ1v) is 8.08. The molecular formula is C16H14Cl2N4O3. The maximum Gasteiger partial charge on any atom is 0.253 e. The van der Waals surface area contributed by atoms with Crippen LogP contribution in [0.3, 0.4) is 0 Å². The van der Waals surface area contributed by atoms with Crippen LogP contribution in [-0.2, 0) is 9.59 Å². The van der Waals surface area contributed by atoms with E-state index in [0.29, 0.717) is 27.3 Å². The number of ether oxygens (including phenoxy) is 1. The molecule has 1 unspecified atom stereocenters. The Morgan fingerprint density at radius 2 is 2.08 bits per heavy atom. The zero-order valence-electron chi connectivity index (χ0n) is 13.1. The Morgan fingerprint density at radius 1 is 1.28 bits per heavy atom. The number of carbonyl (C=O) groups excluding carboxylic acids is 2. The third-order valence-corrected chi connectivity index (χ3v) is 4.13. The van der Waals surface area contributed by atoms with Crippen LogP contribution in [0.4, 0.5) is 11.5 Å². The molecule has 0 saturated carbocycles. The van der Waals surface area contributed by atoms with Crippen molar-refractivity contribution in [3.8, 4) is 5.75 Å². The number of imide groups is 1. The number of nitrogens with zero attached hydrogens (tertiary/aromatic N) is 2. The van der Waals surface area contributed by atoms with Gasteiger partial charge in [-0.25, -0.2) is 15.3 Å². The van der Waals surface area contributed by atoms with E-state index in [0.717, 1.165) is 4.90 Å². The van der Waals surface area contributed by atoms with Crippen LogP contribution in [0.15, 0.2) is 36.5 Å². The van der Waals surface area contributed by atoms with Gasteiger partial charge in [-0.2, -0.15) is 0 Å². The number of rotatable bonds is 5. The zero-order chi connectivity index (χ0) is 18.0. The number of aromatic nitrogens is 1. The van der Waals surface area contributed by atoms with Gasteiger partial charge in [0.15, 0.2) is 5.82 Å². The molecule has 1 fully saturated rings. The molecule has 0 aliphatic carbocycles. The van der Waals surface area contributed by atoms with Crippen LogP contribution in [-0.4, -0.2) is 29.9 Å². The molecule has 2 N–H and O–H groups in total. The molecular weight excluding hydrogens is 367 g/mol. The SMILES string of the molecule is COc1cccc(N2C(=O)CC(NNc3ncc(Cl)cc3Cl)C2=O)c1. The maximum absolute atomic E-state index is 12.6. The zero-order valence-corrected chi connectivity index (χ0v) is 14.6. The van der Waals surface area contributed by atoms with Crippen molar-refractivity contribution in [2.24, 2.45) is 0 Å². The molecule has 130 valence electrons. The molecule has 1 aromatic heterocycles. The number of pyridine rings is 1. The van der Waals surface area contributed by atoms with Gasteiger partial charge in [0.2, 0.25) is 5.91 Å². The molecule has 7 nitrogen and oxygen atoms in total. The Labute approximate surface area is 153 Å². The normalized spacial score (nSPS) is 17.1. The third kappa shape index (κ3) is 3.68. The van der Waals surface area contributed by atoms with Crippen molar-refractivity contribution in [1.29, 1.82) is 0 Å². The molecule has 2 aromatic rings. The minimum Gasteiger partial charge on any atom is -0.497 e. The van der Waals surface area contributed by atoms with Crippen LogP contribution >= 0.6 is 23.2 Å². The molecule has 1 atom stereocenters. The van der Waals surface area contributed by atoms with Crippen molar-refractivity contribution in [3.05, 3.63) is 46.6 Å². The summed E-state index contributed by atoms with van der Waals surface area (Å²) < 4.78 is 5.13. The first-order chi connectivity index (χ1) is 12.0. The van der Waals surface area contributed by atoms with E-state index in [2.05, 4.69) is 15.8 Å². The molecule has 1 aliphatic heterocycles. The van der Waals surface area contributed by atoms with E-state index in [9.17, 15) is 9.59 Å². The number of carbonyl (C=O) groups is 2. The van der Waals surface area contributed by atoms with Crippen molar-refractivity contribution in [3.63, 3.8) is 0 Å². The first-order valence-electron chi connectivity index (χ1n) is 7.33. The molecule has 1 aliphatic rings. The van der Waals surface area contributed by atoms with Crippen molar-refractivity contribution in [2.75, 3.05) is 17.4 Å². The van der Waals surface area contributed by atoms with Crippen LogP contribution in [0.25, 0.3) is 0 Å². The molecule has 2 heterocycles. The minimum absolute atomic E-state index is 0.00819. The number of benzene rings is 1. The smallest absolute Gasteiger partial charge is 0.253 e. The maximum atomic E-state index is 12.6. The standard InChI is InChI=1S/C16H14Cl2N4O3/c1-25-11-4-2-3-10(6-11)22-14(23)7-13(16(22)24)20-21-15-12(18)5-9(17)8-19-15/h2-6,8,13,20H,7H2,1H3,(H,19,21). The average Bonchev–Trinajstić information content (AvgIpc) is 2.88. The topological polar surface area (TPSA) is 83.6 Å². The lowest BCUT2D eigenvalue weighted by Gasteiger charge is -2.17. The number of hydrazine groups is 1. The Morgan fingerprint density at radius 3 is 2.80 bits per heavy atom. The second kappa shape index (κ2) is 7.26. The van der Waals surface area contributed by atoms with Gasteiger partial charge >= 0.3 is 0 Å². The molecule has 2 amide bonds. The first kappa shape index (κ1) is 17.5. The van der Waals surface area contributed by atoms with Gasteiger partial charge in [0, 0.05) is 12.3 Å². The molecule has 25 heavy (non-hydrogen) atoms. The quantitative estimate of drug-likeness (QED) is 0.612. The van der Waals surface area contributed by atoms with Gasteiger partial charge in [0.05, 0.1) is 29.3 Å². The van der Waals surface area contributed by atoms with Gasteiger partial charge in [-0.15, -0.1) is 0 Å². The van der Waals surface area contributed by atoms with Crippen LogP contribution in [0.2, 0.25) is 10.0 Å². The molecule has 3 rings (SSSR count). The number of hydrogen-bond donors (Lipinski definition) is 2. The van der Waals surface area contributed by atoms with Crippen LogP contribution in [0, 0.1) is 0 Å². The summed E-state index contributed by atoms with van der Waals surface area (Å²) >= 11 is 11.8. The molecule has 0 spiro atoms. The number of methoxy groups -OCH3 is 1. The monoisotopic (exact) mass is 380 g/mol. The highest BCUT2D eigenvalue weighted by Gasteiger charge is 2.39. The highest BCUT2D eigenvalue weighted by molar-refractivity contribution is 6.36. The lowest BCUT2D eigenvalue weighted by atomic mass is 10.2. The van der Waals surface area contributed by atoms with E-state index in [1.165, 1.54) is 19.4 Å². The lowest BCUT2D eigenvalue weighted by Crippen LogP contribution is -2.41. The summed E-state index contributed by atoms with van der Waals surface area (Å²) in [7, 11) is 1.52. The van der Waals surface area contributed by atoms with Gasteiger partial charge in [-0.1, -0.05) is 29.3 Å². The largest absolute Gasteiger partial charge is 0.497 e. The fourth-order valence-corrected chi connectivity index (χ4v) is 2.85. The Kier molecular flexibility index (Phi) is 5.08. The lowest BCUT2D eigenvalue weighted by molar-refractivity contribution is -0.121. The Bertz CT molecular complexity index is 831. The van der Waals surface area contributed by atoms with Gasteiger partial charge in [0.1, 0.15) is 11.8 Å². The molecule has 1 aromatic carbocycles. The molecule has 9 heteroatoms. The van der Waals surface area contributed by atoms with Gasteiger partial charge in [-0.3, -0.25) is 9.59 Å². The van der Waals surface area contributed by atoms with E-state index < -0.39 is 6.04 Å². The Balaban J connectivity index is 1.72. The van der Waals surface area contributed by atoms with E-state index in [4.69, 9.17) is 27.9 Å². The minimum atomic E-state index is -0.743. The summed E-state index contributed by atoms with van der Waals surface area (Å²) in [5.74, 6) is 0.180. The highest BCUT2D eigenvalue weighted by atomic mass is 35.5. The van der Waals surface area contributed by atoms with Gasteiger partial charge in [-0.05, 0) is 18.2 Å². The second-order valence-corrected chi connectivity index (χ2v) is 6.12. The summed E-state index contributed by atoms with van der Waals surface area (Å²) in [6, 6.07) is 7.52. The predicted molar refractivity (Wildman–Crippen MR) is 94.9 cm³/mol. The summed E-state index contributed by atoms with van der Waals surface area (Å²) in [6.45, 7) is 0. The van der Waals surface area contributed by atoms with E-state index >= 15 is 0 Å². The van der Waals surface area contributed by atoms with Crippen molar-refractivity contribution in [2.45, 2.75) is 12.5 Å². The van der Waals surface area contributed by atoms with Crippen molar-refractivity contribution < 1.29 is 14.3 Å². The summed E-state index contributed by atoms with van der Waals surface area (Å²) in [5.41, 5.74) is 5.99. The fraction of sp³-hybridized carbons (Fsp3) is 0.188. The number of halogens is 2. The summed E-state index contributed by atoms with van der Waals surface area (Å²) in [5, 5.41) is 0.688. The number of anilines is 2. The molecule has 1 saturated heterocycles. The van der Waals surface area contributed by atoms with E-state index in [1.54, 1.807) is 24.3 Å². The highest BCUT2D eigenvalue weighted by Crippen LogP contribution is 2.27. The van der Waals surface area contributed by atoms with Crippen LogP contribution < -0.4 is 20.5 Å². The number of hydrogen-bond acceptors (Lipinski definition) is 6. The van der Waals surface area contributed by atoms with Crippen molar-refractivity contribution >= 4 is 46.5 Å². The van der Waals surface area contributed by atoms with Crippen LogP contribution in [0.5, 0.6) is 5.75 Å². The molecule has 0 radical (unpaired) electrons. The van der Waals surface area contributed by atoms with E-state index in [-0.39, 0.29) is 18.2 Å². The summed E-state index contributed by atoms with van der Waals surface area (Å²) in [4.78, 5) is 30.0. The molecule has 0 bridgehead atoms. The fourth-order valence-electron chi connectivity index (χ4n) is 2.43.